The third-order valence-corrected chi connectivity index (χ3v) is 6.69. The molecule has 1 N–H and O–H groups in total. The SMILES string of the molecule is CCOc1ccc(NC(=S)N2CCC(N(C)[C@H]3CCCC[C@@H]3C)CC2)cc1. The molecule has 27 heavy (non-hydrogen) atoms. The fraction of sp³-hybridized carbons (Fsp3) is 0.682. The highest BCUT2D eigenvalue weighted by Crippen LogP contribution is 2.30. The van der Waals surface area contributed by atoms with E-state index < -0.39 is 0 Å². The van der Waals surface area contributed by atoms with Crippen molar-refractivity contribution < 1.29 is 4.74 Å². The van der Waals surface area contributed by atoms with Crippen molar-refractivity contribution >= 4 is 23.0 Å². The van der Waals surface area contributed by atoms with Crippen molar-refractivity contribution in [3.05, 3.63) is 24.3 Å². The Kier molecular flexibility index (Phi) is 7.36. The second kappa shape index (κ2) is 9.74. The van der Waals surface area contributed by atoms with E-state index >= 15 is 0 Å². The Bertz CT molecular complexity index is 598. The Morgan fingerprint density at radius 1 is 1.15 bits per heavy atom. The molecule has 5 heteroatoms. The van der Waals surface area contributed by atoms with Gasteiger partial charge in [0.2, 0.25) is 0 Å². The molecule has 0 amide bonds. The van der Waals surface area contributed by atoms with Crippen LogP contribution in [0.3, 0.4) is 0 Å². The van der Waals surface area contributed by atoms with E-state index in [1.165, 1.54) is 38.5 Å². The molecule has 0 aromatic heterocycles. The van der Waals surface area contributed by atoms with Gasteiger partial charge in [-0.1, -0.05) is 19.8 Å². The molecule has 150 valence electrons. The minimum Gasteiger partial charge on any atom is -0.494 e. The van der Waals surface area contributed by atoms with Crippen LogP contribution in [0.5, 0.6) is 5.75 Å². The van der Waals surface area contributed by atoms with Crippen molar-refractivity contribution in [2.45, 2.75) is 64.5 Å². The molecule has 2 fully saturated rings. The summed E-state index contributed by atoms with van der Waals surface area (Å²) >= 11 is 5.66. The van der Waals surface area contributed by atoms with Gasteiger partial charge in [-0.25, -0.2) is 0 Å². The quantitative estimate of drug-likeness (QED) is 0.733. The maximum absolute atomic E-state index is 5.66. The molecule has 1 aliphatic heterocycles. The number of nitrogens with one attached hydrogen (secondary N) is 1. The number of rotatable bonds is 5. The van der Waals surface area contributed by atoms with Gasteiger partial charge in [0, 0.05) is 30.9 Å². The minimum atomic E-state index is 0.689. The molecule has 3 rings (SSSR count). The maximum Gasteiger partial charge on any atom is 0.173 e. The van der Waals surface area contributed by atoms with Crippen LogP contribution in [0.4, 0.5) is 5.69 Å². The molecule has 0 bridgehead atoms. The summed E-state index contributed by atoms with van der Waals surface area (Å²) in [6.07, 6.45) is 7.97. The van der Waals surface area contributed by atoms with Gasteiger partial charge in [-0.2, -0.15) is 0 Å². The van der Waals surface area contributed by atoms with E-state index in [-0.39, 0.29) is 0 Å². The Balaban J connectivity index is 1.47. The minimum absolute atomic E-state index is 0.689. The van der Waals surface area contributed by atoms with E-state index in [1.807, 2.05) is 31.2 Å². The van der Waals surface area contributed by atoms with E-state index in [0.717, 1.165) is 41.6 Å². The Morgan fingerprint density at radius 2 is 1.81 bits per heavy atom. The Hall–Kier alpha value is -1.33. The average Bonchev–Trinajstić information content (AvgIpc) is 2.70. The highest BCUT2D eigenvalue weighted by molar-refractivity contribution is 7.80. The monoisotopic (exact) mass is 389 g/mol. The van der Waals surface area contributed by atoms with Gasteiger partial charge in [0.1, 0.15) is 5.75 Å². The summed E-state index contributed by atoms with van der Waals surface area (Å²) in [5, 5.41) is 4.22. The first-order chi connectivity index (χ1) is 13.1. The van der Waals surface area contributed by atoms with Crippen molar-refractivity contribution in [2.24, 2.45) is 5.92 Å². The topological polar surface area (TPSA) is 27.7 Å². The van der Waals surface area contributed by atoms with Crippen LogP contribution in [0.15, 0.2) is 24.3 Å². The Labute approximate surface area is 170 Å². The van der Waals surface area contributed by atoms with Crippen LogP contribution in [-0.4, -0.2) is 53.7 Å². The lowest BCUT2D eigenvalue weighted by atomic mass is 9.84. The van der Waals surface area contributed by atoms with Gasteiger partial charge < -0.3 is 19.9 Å². The summed E-state index contributed by atoms with van der Waals surface area (Å²) in [6, 6.07) is 9.50. The van der Waals surface area contributed by atoms with Crippen LogP contribution < -0.4 is 10.1 Å². The number of likely N-dealkylation sites (tertiary alicyclic amines) is 1. The van der Waals surface area contributed by atoms with Crippen LogP contribution in [0.2, 0.25) is 0 Å². The van der Waals surface area contributed by atoms with Gasteiger partial charge in [0.25, 0.3) is 0 Å². The third-order valence-electron chi connectivity index (χ3n) is 6.33. The van der Waals surface area contributed by atoms with Crippen molar-refractivity contribution in [3.63, 3.8) is 0 Å². The number of anilines is 1. The fourth-order valence-corrected chi connectivity index (χ4v) is 4.95. The molecule has 4 nitrogen and oxygen atoms in total. The van der Waals surface area contributed by atoms with Gasteiger partial charge in [-0.05, 0) is 82.1 Å². The number of benzene rings is 1. The van der Waals surface area contributed by atoms with E-state index in [9.17, 15) is 0 Å². The zero-order valence-corrected chi connectivity index (χ0v) is 17.9. The summed E-state index contributed by atoms with van der Waals surface area (Å²) in [6.45, 7) is 7.20. The maximum atomic E-state index is 5.66. The van der Waals surface area contributed by atoms with Gasteiger partial charge >= 0.3 is 0 Å². The standard InChI is InChI=1S/C22H35N3OS/c1-4-26-20-11-9-18(10-12-20)23-22(27)25-15-13-19(14-16-25)24(3)21-8-6-5-7-17(21)2/h9-12,17,19,21H,4-8,13-16H2,1-3H3,(H,23,27)/t17-,21-/m0/s1. The lowest BCUT2D eigenvalue weighted by molar-refractivity contribution is 0.0691. The number of hydrogen-bond acceptors (Lipinski definition) is 3. The van der Waals surface area contributed by atoms with Crippen molar-refractivity contribution in [3.8, 4) is 5.75 Å². The lowest BCUT2D eigenvalue weighted by Crippen LogP contribution is -2.51. The highest BCUT2D eigenvalue weighted by Gasteiger charge is 2.31. The number of nitrogens with zero attached hydrogens (tertiary/aromatic N) is 2. The van der Waals surface area contributed by atoms with E-state index in [2.05, 4.69) is 29.1 Å². The molecule has 1 aromatic rings. The van der Waals surface area contributed by atoms with E-state index in [4.69, 9.17) is 17.0 Å². The summed E-state index contributed by atoms with van der Waals surface area (Å²) in [7, 11) is 2.35. The van der Waals surface area contributed by atoms with Gasteiger partial charge in [-0.15, -0.1) is 0 Å². The van der Waals surface area contributed by atoms with Gasteiger partial charge in [0.15, 0.2) is 5.11 Å². The van der Waals surface area contributed by atoms with Crippen LogP contribution >= 0.6 is 12.2 Å². The molecule has 2 aliphatic rings. The molecule has 1 aliphatic carbocycles. The zero-order chi connectivity index (χ0) is 19.2. The molecule has 0 unspecified atom stereocenters. The average molecular weight is 390 g/mol. The number of thiocarbonyl (C=S) groups is 1. The zero-order valence-electron chi connectivity index (χ0n) is 17.1. The second-order valence-electron chi connectivity index (χ2n) is 8.10. The summed E-state index contributed by atoms with van der Waals surface area (Å²) in [5.74, 6) is 1.74. The first-order valence-electron chi connectivity index (χ1n) is 10.6. The molecule has 0 spiro atoms. The molecule has 1 saturated heterocycles. The first kappa shape index (κ1) is 20.4. The van der Waals surface area contributed by atoms with E-state index in [1.54, 1.807) is 0 Å². The van der Waals surface area contributed by atoms with Gasteiger partial charge in [0.05, 0.1) is 6.61 Å². The largest absolute Gasteiger partial charge is 0.494 e. The molecular formula is C22H35N3OS. The second-order valence-corrected chi connectivity index (χ2v) is 8.49. The number of ether oxygens (including phenoxy) is 1. The van der Waals surface area contributed by atoms with Crippen LogP contribution in [0, 0.1) is 5.92 Å². The molecule has 0 radical (unpaired) electrons. The summed E-state index contributed by atoms with van der Waals surface area (Å²) in [4.78, 5) is 5.00. The smallest absolute Gasteiger partial charge is 0.173 e. The number of piperidine rings is 1. The van der Waals surface area contributed by atoms with E-state index in [0.29, 0.717) is 12.6 Å². The molecular weight excluding hydrogens is 354 g/mol. The summed E-state index contributed by atoms with van der Waals surface area (Å²) in [5.41, 5.74) is 1.03. The third kappa shape index (κ3) is 5.35. The number of hydrogen-bond donors (Lipinski definition) is 1. The predicted octanol–water partition coefficient (Wildman–Crippen LogP) is 4.76. The van der Waals surface area contributed by atoms with Crippen molar-refractivity contribution in [1.29, 1.82) is 0 Å². The van der Waals surface area contributed by atoms with Crippen LogP contribution in [0.1, 0.15) is 52.4 Å². The predicted molar refractivity (Wildman–Crippen MR) is 118 cm³/mol. The fourth-order valence-electron chi connectivity index (χ4n) is 4.65. The molecule has 1 saturated carbocycles. The molecule has 1 heterocycles. The normalized spacial score (nSPS) is 24.1. The van der Waals surface area contributed by atoms with Crippen LogP contribution in [-0.2, 0) is 0 Å². The van der Waals surface area contributed by atoms with Crippen molar-refractivity contribution in [1.82, 2.24) is 9.80 Å². The Morgan fingerprint density at radius 3 is 2.44 bits per heavy atom. The molecule has 2 atom stereocenters. The van der Waals surface area contributed by atoms with Crippen LogP contribution in [0.25, 0.3) is 0 Å². The lowest BCUT2D eigenvalue weighted by Gasteiger charge is -2.44. The highest BCUT2D eigenvalue weighted by atomic mass is 32.1. The summed E-state index contributed by atoms with van der Waals surface area (Å²) < 4.78 is 5.50. The molecule has 1 aromatic carbocycles. The van der Waals surface area contributed by atoms with Gasteiger partial charge in [-0.3, -0.25) is 0 Å². The first-order valence-corrected chi connectivity index (χ1v) is 11.0. The van der Waals surface area contributed by atoms with Crippen molar-refractivity contribution in [2.75, 3.05) is 32.1 Å².